The van der Waals surface area contributed by atoms with Gasteiger partial charge >= 0.3 is 0 Å². The molecule has 1 aromatic heterocycles. The molecule has 96 valence electrons. The minimum atomic E-state index is 0.106. The van der Waals surface area contributed by atoms with Crippen molar-refractivity contribution in [1.82, 2.24) is 9.78 Å². The van der Waals surface area contributed by atoms with Gasteiger partial charge in [-0.3, -0.25) is 4.68 Å². The fourth-order valence-electron chi connectivity index (χ4n) is 3.12. The smallest absolute Gasteiger partial charge is 0.0712 e. The van der Waals surface area contributed by atoms with E-state index in [9.17, 15) is 0 Å². The van der Waals surface area contributed by atoms with Crippen LogP contribution < -0.4 is 5.73 Å². The van der Waals surface area contributed by atoms with Gasteiger partial charge < -0.3 is 5.73 Å². The Hall–Kier alpha value is -0.830. The molecule has 0 saturated heterocycles. The molecule has 2 N–H and O–H groups in total. The molecule has 1 aliphatic rings. The van der Waals surface area contributed by atoms with Crippen LogP contribution in [0.5, 0.6) is 0 Å². The summed E-state index contributed by atoms with van der Waals surface area (Å²) in [6, 6.07) is 0. The number of hydrogen-bond donors (Lipinski definition) is 1. The molecule has 1 aliphatic carbocycles. The summed E-state index contributed by atoms with van der Waals surface area (Å²) in [5.41, 5.74) is 8.95. The summed E-state index contributed by atoms with van der Waals surface area (Å²) >= 11 is 0. The van der Waals surface area contributed by atoms with Crippen LogP contribution in [0.2, 0.25) is 0 Å². The summed E-state index contributed by atoms with van der Waals surface area (Å²) in [6.45, 7) is 12.1. The lowest BCUT2D eigenvalue weighted by Crippen LogP contribution is -2.15. The highest BCUT2D eigenvalue weighted by molar-refractivity contribution is 5.36. The zero-order chi connectivity index (χ0) is 13.0. The van der Waals surface area contributed by atoms with Gasteiger partial charge in [0.15, 0.2) is 0 Å². The molecule has 17 heavy (non-hydrogen) atoms. The molecular formula is C14H25N3. The molecular weight excluding hydrogens is 210 g/mol. The van der Waals surface area contributed by atoms with Crippen molar-refractivity contribution in [2.45, 2.75) is 46.0 Å². The van der Waals surface area contributed by atoms with Crippen LogP contribution in [0.3, 0.4) is 0 Å². The predicted molar refractivity (Wildman–Crippen MR) is 71.0 cm³/mol. The lowest BCUT2D eigenvalue weighted by Gasteiger charge is -2.18. The van der Waals surface area contributed by atoms with Crippen LogP contribution in [0, 0.1) is 11.3 Å². The second-order valence-electron chi connectivity index (χ2n) is 7.00. The first-order valence-electron chi connectivity index (χ1n) is 6.43. The first-order valence-corrected chi connectivity index (χ1v) is 6.43. The van der Waals surface area contributed by atoms with E-state index in [0.29, 0.717) is 17.3 Å². The lowest BCUT2D eigenvalue weighted by atomic mass is 9.87. The summed E-state index contributed by atoms with van der Waals surface area (Å²) in [5.74, 6) is 1.18. The van der Waals surface area contributed by atoms with Crippen LogP contribution in [-0.2, 0) is 12.5 Å². The maximum absolute atomic E-state index is 5.88. The van der Waals surface area contributed by atoms with Crippen molar-refractivity contribution in [3.05, 3.63) is 17.5 Å². The molecule has 0 aliphatic heterocycles. The van der Waals surface area contributed by atoms with Crippen LogP contribution >= 0.6 is 0 Å². The Morgan fingerprint density at radius 1 is 1.41 bits per heavy atom. The molecule has 1 fully saturated rings. The molecule has 2 unspecified atom stereocenters. The SMILES string of the molecule is Cn1cc(C2C(CN)C2(C)C)c(C(C)(C)C)n1. The van der Waals surface area contributed by atoms with Gasteiger partial charge in [0, 0.05) is 18.7 Å². The standard InChI is InChI=1S/C14H25N3/c1-13(2,3)12-9(8-17(6)16-12)11-10(7-15)14(11,4)5/h8,10-11H,7,15H2,1-6H3. The van der Waals surface area contributed by atoms with E-state index in [1.807, 2.05) is 11.7 Å². The van der Waals surface area contributed by atoms with Crippen molar-refractivity contribution < 1.29 is 0 Å². The van der Waals surface area contributed by atoms with Gasteiger partial charge in [0.25, 0.3) is 0 Å². The largest absolute Gasteiger partial charge is 0.330 e. The molecule has 1 saturated carbocycles. The highest BCUT2D eigenvalue weighted by atomic mass is 15.3. The van der Waals surface area contributed by atoms with Crippen molar-refractivity contribution in [1.29, 1.82) is 0 Å². The Labute approximate surface area is 104 Å². The molecule has 0 amide bonds. The van der Waals surface area contributed by atoms with Gasteiger partial charge in [0.1, 0.15) is 0 Å². The maximum atomic E-state index is 5.88. The van der Waals surface area contributed by atoms with Crippen LogP contribution in [0.25, 0.3) is 0 Å². The van der Waals surface area contributed by atoms with Crippen molar-refractivity contribution in [3.8, 4) is 0 Å². The fourth-order valence-corrected chi connectivity index (χ4v) is 3.12. The van der Waals surface area contributed by atoms with E-state index in [1.54, 1.807) is 0 Å². The molecule has 1 heterocycles. The number of aryl methyl sites for hydroxylation is 1. The van der Waals surface area contributed by atoms with Gasteiger partial charge in [-0.1, -0.05) is 34.6 Å². The van der Waals surface area contributed by atoms with Gasteiger partial charge in [0.05, 0.1) is 5.69 Å². The number of aromatic nitrogens is 2. The fraction of sp³-hybridized carbons (Fsp3) is 0.786. The molecule has 1 aromatic rings. The third-order valence-corrected chi connectivity index (χ3v) is 4.21. The van der Waals surface area contributed by atoms with Gasteiger partial charge in [0.2, 0.25) is 0 Å². The van der Waals surface area contributed by atoms with Crippen molar-refractivity contribution in [2.24, 2.45) is 24.1 Å². The maximum Gasteiger partial charge on any atom is 0.0712 e. The molecule has 0 bridgehead atoms. The third-order valence-electron chi connectivity index (χ3n) is 4.21. The topological polar surface area (TPSA) is 43.8 Å². The summed E-state index contributed by atoms with van der Waals surface area (Å²) in [4.78, 5) is 0. The van der Waals surface area contributed by atoms with Gasteiger partial charge in [-0.15, -0.1) is 0 Å². The minimum Gasteiger partial charge on any atom is -0.330 e. The van der Waals surface area contributed by atoms with Gasteiger partial charge in [-0.25, -0.2) is 0 Å². The van der Waals surface area contributed by atoms with E-state index in [-0.39, 0.29) is 5.41 Å². The Morgan fingerprint density at radius 2 is 2.00 bits per heavy atom. The van der Waals surface area contributed by atoms with E-state index >= 15 is 0 Å². The summed E-state index contributed by atoms with van der Waals surface area (Å²) in [7, 11) is 2.01. The predicted octanol–water partition coefficient (Wildman–Crippen LogP) is 2.42. The molecule has 2 atom stereocenters. The van der Waals surface area contributed by atoms with Crippen LogP contribution in [0.15, 0.2) is 6.20 Å². The lowest BCUT2D eigenvalue weighted by molar-refractivity contribution is 0.539. The van der Waals surface area contributed by atoms with E-state index in [0.717, 1.165) is 6.54 Å². The second-order valence-corrected chi connectivity index (χ2v) is 7.00. The van der Waals surface area contributed by atoms with Crippen LogP contribution in [-0.4, -0.2) is 16.3 Å². The third kappa shape index (κ3) is 1.90. The zero-order valence-corrected chi connectivity index (χ0v) is 11.9. The average molecular weight is 235 g/mol. The summed E-state index contributed by atoms with van der Waals surface area (Å²) < 4.78 is 1.94. The van der Waals surface area contributed by atoms with Crippen LogP contribution in [0.4, 0.5) is 0 Å². The number of rotatable bonds is 2. The quantitative estimate of drug-likeness (QED) is 0.855. The Balaban J connectivity index is 2.41. The normalized spacial score (nSPS) is 27.2. The van der Waals surface area contributed by atoms with E-state index < -0.39 is 0 Å². The minimum absolute atomic E-state index is 0.106. The Morgan fingerprint density at radius 3 is 2.41 bits per heavy atom. The van der Waals surface area contributed by atoms with E-state index in [2.05, 4.69) is 45.9 Å². The molecule has 2 rings (SSSR count). The molecule has 0 spiro atoms. The van der Waals surface area contributed by atoms with Gasteiger partial charge in [-0.2, -0.15) is 5.10 Å². The highest BCUT2D eigenvalue weighted by Gasteiger charge is 2.58. The van der Waals surface area contributed by atoms with E-state index in [4.69, 9.17) is 5.73 Å². The monoisotopic (exact) mass is 235 g/mol. The number of nitrogens with two attached hydrogens (primary N) is 1. The van der Waals surface area contributed by atoms with Crippen molar-refractivity contribution in [3.63, 3.8) is 0 Å². The van der Waals surface area contributed by atoms with Gasteiger partial charge in [-0.05, 0) is 29.4 Å². The Bertz CT molecular complexity index is 423. The van der Waals surface area contributed by atoms with Crippen molar-refractivity contribution in [2.75, 3.05) is 6.54 Å². The molecule has 3 heteroatoms. The highest BCUT2D eigenvalue weighted by Crippen LogP contribution is 2.64. The van der Waals surface area contributed by atoms with E-state index in [1.165, 1.54) is 11.3 Å². The zero-order valence-electron chi connectivity index (χ0n) is 11.9. The molecule has 0 aromatic carbocycles. The second kappa shape index (κ2) is 3.58. The first-order chi connectivity index (χ1) is 7.69. The Kier molecular flexibility index (Phi) is 2.66. The first kappa shape index (κ1) is 12.6. The summed E-state index contributed by atoms with van der Waals surface area (Å²) in [5, 5.41) is 4.65. The van der Waals surface area contributed by atoms with Crippen LogP contribution in [0.1, 0.15) is 51.8 Å². The number of hydrogen-bond acceptors (Lipinski definition) is 2. The molecule has 3 nitrogen and oxygen atoms in total. The number of nitrogens with zero attached hydrogens (tertiary/aromatic N) is 2. The summed E-state index contributed by atoms with van der Waals surface area (Å²) in [6.07, 6.45) is 2.18. The van der Waals surface area contributed by atoms with Crippen molar-refractivity contribution >= 4 is 0 Å². The molecule has 0 radical (unpaired) electrons. The average Bonchev–Trinajstić information content (AvgIpc) is 2.51.